The molecule has 7 heteroatoms. The number of hydrogen-bond donors (Lipinski definition) is 1. The van der Waals surface area contributed by atoms with Gasteiger partial charge in [-0.15, -0.1) is 0 Å². The smallest absolute Gasteiger partial charge is 0.230 e. The van der Waals surface area contributed by atoms with E-state index in [1.54, 1.807) is 12.1 Å². The van der Waals surface area contributed by atoms with Gasteiger partial charge in [-0.2, -0.15) is 0 Å². The summed E-state index contributed by atoms with van der Waals surface area (Å²) in [7, 11) is 0. The molecule has 0 bridgehead atoms. The van der Waals surface area contributed by atoms with Crippen LogP contribution in [-0.2, 0) is 11.2 Å². The van der Waals surface area contributed by atoms with E-state index < -0.39 is 17.5 Å². The zero-order valence-corrected chi connectivity index (χ0v) is 15.3. The van der Waals surface area contributed by atoms with E-state index in [0.717, 1.165) is 17.7 Å². The molecule has 0 saturated heterocycles. The van der Waals surface area contributed by atoms with E-state index in [1.807, 2.05) is 40.9 Å². The van der Waals surface area contributed by atoms with Crippen LogP contribution in [0, 0.1) is 11.6 Å². The number of rotatable bonds is 4. The second kappa shape index (κ2) is 7.40. The third kappa shape index (κ3) is 3.59. The number of pyridine rings is 1. The van der Waals surface area contributed by atoms with E-state index >= 15 is 0 Å². The van der Waals surface area contributed by atoms with Gasteiger partial charge >= 0.3 is 0 Å². The lowest BCUT2D eigenvalue weighted by atomic mass is 10.1. The van der Waals surface area contributed by atoms with Gasteiger partial charge in [0.25, 0.3) is 0 Å². The summed E-state index contributed by atoms with van der Waals surface area (Å²) in [5.74, 6) is -1.97. The number of nitrogens with zero attached hydrogens (tertiary/aromatic N) is 2. The molecule has 2 aromatic carbocycles. The molecule has 0 aliphatic carbocycles. The SMILES string of the molecule is O=C(Cc1c(-c2ccc(Cl)cc2)nc2ccccn12)Nc1ccc(F)cc1F. The first-order chi connectivity index (χ1) is 13.5. The van der Waals surface area contributed by atoms with Gasteiger partial charge < -0.3 is 9.72 Å². The lowest BCUT2D eigenvalue weighted by Gasteiger charge is -2.08. The Morgan fingerprint density at radius 1 is 1.07 bits per heavy atom. The van der Waals surface area contributed by atoms with E-state index in [9.17, 15) is 13.6 Å². The number of anilines is 1. The van der Waals surface area contributed by atoms with E-state index in [2.05, 4.69) is 10.3 Å². The number of carbonyl (C=O) groups is 1. The van der Waals surface area contributed by atoms with Gasteiger partial charge in [-0.3, -0.25) is 4.79 Å². The number of carbonyl (C=O) groups excluding carboxylic acids is 1. The summed E-state index contributed by atoms with van der Waals surface area (Å²) in [6.07, 6.45) is 1.77. The molecule has 4 aromatic rings. The summed E-state index contributed by atoms with van der Waals surface area (Å²) in [5.41, 5.74) is 2.70. The lowest BCUT2D eigenvalue weighted by molar-refractivity contribution is -0.115. The first-order valence-corrected chi connectivity index (χ1v) is 8.86. The average Bonchev–Trinajstić information content (AvgIpc) is 3.03. The number of fused-ring (bicyclic) bond motifs is 1. The fourth-order valence-electron chi connectivity index (χ4n) is 2.99. The molecule has 28 heavy (non-hydrogen) atoms. The number of nitrogens with one attached hydrogen (secondary N) is 1. The van der Waals surface area contributed by atoms with Gasteiger partial charge in [0, 0.05) is 22.8 Å². The summed E-state index contributed by atoms with van der Waals surface area (Å²) in [4.78, 5) is 17.2. The number of amides is 1. The van der Waals surface area contributed by atoms with Gasteiger partial charge in [-0.05, 0) is 36.4 Å². The Hall–Kier alpha value is -3.25. The molecular weight excluding hydrogens is 384 g/mol. The third-order valence-electron chi connectivity index (χ3n) is 4.28. The van der Waals surface area contributed by atoms with Crippen molar-refractivity contribution in [3.05, 3.63) is 89.2 Å². The maximum Gasteiger partial charge on any atom is 0.230 e. The van der Waals surface area contributed by atoms with Gasteiger partial charge in [0.15, 0.2) is 0 Å². The predicted molar refractivity (Wildman–Crippen MR) is 104 cm³/mol. The molecule has 140 valence electrons. The summed E-state index contributed by atoms with van der Waals surface area (Å²) in [6, 6.07) is 15.7. The van der Waals surface area contributed by atoms with Crippen molar-refractivity contribution in [3.8, 4) is 11.3 Å². The monoisotopic (exact) mass is 397 g/mol. The van der Waals surface area contributed by atoms with Crippen molar-refractivity contribution in [2.24, 2.45) is 0 Å². The van der Waals surface area contributed by atoms with Crippen LogP contribution in [0.25, 0.3) is 16.9 Å². The molecule has 0 aliphatic rings. The Kier molecular flexibility index (Phi) is 4.79. The number of halogens is 3. The number of hydrogen-bond acceptors (Lipinski definition) is 2. The molecule has 4 nitrogen and oxygen atoms in total. The molecule has 1 amide bonds. The zero-order valence-electron chi connectivity index (χ0n) is 14.5. The van der Waals surface area contributed by atoms with Crippen molar-refractivity contribution in [1.29, 1.82) is 0 Å². The van der Waals surface area contributed by atoms with Crippen molar-refractivity contribution < 1.29 is 13.6 Å². The van der Waals surface area contributed by atoms with E-state index in [1.165, 1.54) is 6.07 Å². The molecule has 1 N–H and O–H groups in total. The fraction of sp³-hybridized carbons (Fsp3) is 0.0476. The second-order valence-corrected chi connectivity index (χ2v) is 6.63. The number of imidazole rings is 1. The van der Waals surface area contributed by atoms with Crippen LogP contribution in [0.1, 0.15) is 5.69 Å². The van der Waals surface area contributed by atoms with Gasteiger partial charge in [0.05, 0.1) is 23.5 Å². The molecule has 0 unspecified atom stereocenters. The van der Waals surface area contributed by atoms with Crippen LogP contribution in [-0.4, -0.2) is 15.3 Å². The first kappa shape index (κ1) is 18.1. The molecule has 0 saturated carbocycles. The van der Waals surface area contributed by atoms with Crippen LogP contribution < -0.4 is 5.32 Å². The minimum Gasteiger partial charge on any atom is -0.323 e. The van der Waals surface area contributed by atoms with E-state index in [4.69, 9.17) is 11.6 Å². The molecule has 2 aromatic heterocycles. The largest absolute Gasteiger partial charge is 0.323 e. The molecule has 0 aliphatic heterocycles. The first-order valence-electron chi connectivity index (χ1n) is 8.48. The summed E-state index contributed by atoms with van der Waals surface area (Å²) >= 11 is 5.97. The Bertz CT molecular complexity index is 1170. The van der Waals surface area contributed by atoms with Gasteiger partial charge in [-0.25, -0.2) is 13.8 Å². The lowest BCUT2D eigenvalue weighted by Crippen LogP contribution is -2.17. The molecular formula is C21H14ClF2N3O. The van der Waals surface area contributed by atoms with Crippen LogP contribution in [0.4, 0.5) is 14.5 Å². The Labute approximate surface area is 164 Å². The standard InChI is InChI=1S/C21H14ClF2N3O/c22-14-6-4-13(5-7-14)21-18(27-10-2-1-3-19(27)26-21)12-20(28)25-17-9-8-15(23)11-16(17)24/h1-11H,12H2,(H,25,28). The van der Waals surface area contributed by atoms with E-state index in [0.29, 0.717) is 22.1 Å². The van der Waals surface area contributed by atoms with Crippen LogP contribution in [0.3, 0.4) is 0 Å². The highest BCUT2D eigenvalue weighted by Gasteiger charge is 2.18. The predicted octanol–water partition coefficient (Wildman–Crippen LogP) is 5.11. The Balaban J connectivity index is 1.70. The van der Waals surface area contributed by atoms with Crippen molar-refractivity contribution in [2.75, 3.05) is 5.32 Å². The van der Waals surface area contributed by atoms with Crippen molar-refractivity contribution in [2.45, 2.75) is 6.42 Å². The highest BCUT2D eigenvalue weighted by molar-refractivity contribution is 6.30. The highest BCUT2D eigenvalue weighted by Crippen LogP contribution is 2.26. The Morgan fingerprint density at radius 3 is 2.61 bits per heavy atom. The Morgan fingerprint density at radius 2 is 1.86 bits per heavy atom. The number of aromatic nitrogens is 2. The summed E-state index contributed by atoms with van der Waals surface area (Å²) in [5, 5.41) is 3.08. The molecule has 0 spiro atoms. The van der Waals surface area contributed by atoms with Crippen LogP contribution in [0.15, 0.2) is 66.9 Å². The van der Waals surface area contributed by atoms with Crippen LogP contribution >= 0.6 is 11.6 Å². The molecule has 4 rings (SSSR count). The number of benzene rings is 2. The molecule has 0 atom stereocenters. The van der Waals surface area contributed by atoms with Gasteiger partial charge in [-0.1, -0.05) is 29.8 Å². The fourth-order valence-corrected chi connectivity index (χ4v) is 3.12. The van der Waals surface area contributed by atoms with E-state index in [-0.39, 0.29) is 12.1 Å². The molecule has 0 fully saturated rings. The average molecular weight is 398 g/mol. The maximum atomic E-state index is 13.8. The molecule has 2 heterocycles. The molecule has 0 radical (unpaired) electrons. The maximum absolute atomic E-state index is 13.8. The van der Waals surface area contributed by atoms with Crippen molar-refractivity contribution in [3.63, 3.8) is 0 Å². The summed E-state index contributed by atoms with van der Waals surface area (Å²) < 4.78 is 28.7. The minimum atomic E-state index is -0.829. The third-order valence-corrected chi connectivity index (χ3v) is 4.53. The van der Waals surface area contributed by atoms with Crippen molar-refractivity contribution >= 4 is 28.8 Å². The normalized spacial score (nSPS) is 11.0. The van der Waals surface area contributed by atoms with Gasteiger partial charge in [0.1, 0.15) is 17.3 Å². The minimum absolute atomic E-state index is 0.0417. The van der Waals surface area contributed by atoms with Crippen LogP contribution in [0.5, 0.6) is 0 Å². The summed E-state index contributed by atoms with van der Waals surface area (Å²) in [6.45, 7) is 0. The zero-order chi connectivity index (χ0) is 19.7. The highest BCUT2D eigenvalue weighted by atomic mass is 35.5. The quantitative estimate of drug-likeness (QED) is 0.520. The second-order valence-electron chi connectivity index (χ2n) is 6.19. The van der Waals surface area contributed by atoms with Crippen molar-refractivity contribution in [1.82, 2.24) is 9.38 Å². The van der Waals surface area contributed by atoms with Gasteiger partial charge in [0.2, 0.25) is 5.91 Å². The van der Waals surface area contributed by atoms with Crippen LogP contribution in [0.2, 0.25) is 5.02 Å². The topological polar surface area (TPSA) is 46.4 Å².